The number of hydrogen-bond acceptors (Lipinski definition) is 2. The maximum absolute atomic E-state index is 11.5. The van der Waals surface area contributed by atoms with E-state index in [2.05, 4.69) is 0 Å². The van der Waals surface area contributed by atoms with Crippen molar-refractivity contribution in [1.82, 2.24) is 4.90 Å². The summed E-state index contributed by atoms with van der Waals surface area (Å²) in [6.07, 6.45) is 10.2. The molecule has 0 N–H and O–H groups in total. The maximum Gasteiger partial charge on any atom is 0.253 e. The van der Waals surface area contributed by atoms with Crippen LogP contribution in [0.3, 0.4) is 0 Å². The molecule has 0 bridgehead atoms. The van der Waals surface area contributed by atoms with E-state index in [1.165, 1.54) is 49.2 Å². The van der Waals surface area contributed by atoms with Crippen LogP contribution in [0.2, 0.25) is 0 Å². The molecule has 0 aromatic rings. The highest BCUT2D eigenvalue weighted by Crippen LogP contribution is 2.29. The van der Waals surface area contributed by atoms with E-state index >= 15 is 0 Å². The van der Waals surface area contributed by atoms with Crippen LogP contribution in [0, 0.1) is 5.92 Å². The minimum Gasteiger partial charge on any atom is -0.273 e. The molecule has 1 fully saturated rings. The Morgan fingerprint density at radius 2 is 1.75 bits per heavy atom. The van der Waals surface area contributed by atoms with Crippen molar-refractivity contribution >= 4 is 11.8 Å². The van der Waals surface area contributed by atoms with Crippen molar-refractivity contribution in [2.45, 2.75) is 51.5 Å². The highest BCUT2D eigenvalue weighted by atomic mass is 16.2. The molecule has 1 aliphatic carbocycles. The van der Waals surface area contributed by atoms with E-state index in [-0.39, 0.29) is 17.9 Å². The van der Waals surface area contributed by atoms with Gasteiger partial charge < -0.3 is 0 Å². The standard InChI is InChI=1S/C13H19NO2/c1-10(9-11-5-3-2-4-6-11)14-12(15)7-8-13(14)16/h7-8,10-11H,2-6,9H2,1H3/t10-/m0/s1. The van der Waals surface area contributed by atoms with Crippen LogP contribution in [0.25, 0.3) is 0 Å². The second-order valence-electron chi connectivity index (χ2n) is 4.97. The monoisotopic (exact) mass is 221 g/mol. The van der Waals surface area contributed by atoms with Crippen molar-refractivity contribution < 1.29 is 9.59 Å². The normalized spacial score (nSPS) is 24.2. The van der Waals surface area contributed by atoms with E-state index in [0.29, 0.717) is 5.92 Å². The fourth-order valence-corrected chi connectivity index (χ4v) is 2.86. The van der Waals surface area contributed by atoms with Crippen molar-refractivity contribution in [3.8, 4) is 0 Å². The Kier molecular flexibility index (Phi) is 3.42. The summed E-state index contributed by atoms with van der Waals surface area (Å²) in [5, 5.41) is 0. The van der Waals surface area contributed by atoms with Crippen LogP contribution in [-0.4, -0.2) is 22.8 Å². The molecule has 1 atom stereocenters. The van der Waals surface area contributed by atoms with E-state index in [4.69, 9.17) is 0 Å². The Morgan fingerprint density at radius 3 is 2.31 bits per heavy atom. The number of amides is 2. The average Bonchev–Trinajstić information content (AvgIpc) is 2.60. The van der Waals surface area contributed by atoms with Crippen LogP contribution in [0.5, 0.6) is 0 Å². The number of rotatable bonds is 3. The van der Waals surface area contributed by atoms with E-state index in [1.54, 1.807) is 0 Å². The van der Waals surface area contributed by atoms with Crippen molar-refractivity contribution in [2.75, 3.05) is 0 Å². The fourth-order valence-electron chi connectivity index (χ4n) is 2.86. The molecule has 88 valence electrons. The molecule has 1 heterocycles. The Hall–Kier alpha value is -1.12. The molecule has 2 rings (SSSR count). The molecule has 2 amide bonds. The minimum atomic E-state index is -0.145. The van der Waals surface area contributed by atoms with Crippen LogP contribution >= 0.6 is 0 Å². The zero-order valence-corrected chi connectivity index (χ0v) is 9.82. The quantitative estimate of drug-likeness (QED) is 0.685. The Bertz CT molecular complexity index is 298. The van der Waals surface area contributed by atoms with Gasteiger partial charge >= 0.3 is 0 Å². The predicted molar refractivity (Wildman–Crippen MR) is 61.6 cm³/mol. The van der Waals surface area contributed by atoms with Crippen molar-refractivity contribution in [3.63, 3.8) is 0 Å². The highest BCUT2D eigenvalue weighted by molar-refractivity contribution is 6.13. The molecule has 0 spiro atoms. The fraction of sp³-hybridized carbons (Fsp3) is 0.692. The molecule has 2 aliphatic rings. The van der Waals surface area contributed by atoms with Gasteiger partial charge in [-0.05, 0) is 19.3 Å². The van der Waals surface area contributed by atoms with Gasteiger partial charge in [-0.3, -0.25) is 14.5 Å². The molecular formula is C13H19NO2. The molecular weight excluding hydrogens is 202 g/mol. The van der Waals surface area contributed by atoms with Gasteiger partial charge in [0.2, 0.25) is 0 Å². The molecule has 0 saturated heterocycles. The first-order chi connectivity index (χ1) is 7.68. The van der Waals surface area contributed by atoms with Gasteiger partial charge in [-0.15, -0.1) is 0 Å². The predicted octanol–water partition coefficient (Wildman–Crippen LogP) is 2.27. The van der Waals surface area contributed by atoms with Crippen LogP contribution in [-0.2, 0) is 9.59 Å². The van der Waals surface area contributed by atoms with E-state index in [0.717, 1.165) is 6.42 Å². The van der Waals surface area contributed by atoms with Gasteiger partial charge in [0.1, 0.15) is 0 Å². The largest absolute Gasteiger partial charge is 0.273 e. The van der Waals surface area contributed by atoms with Crippen LogP contribution < -0.4 is 0 Å². The zero-order chi connectivity index (χ0) is 11.5. The van der Waals surface area contributed by atoms with Gasteiger partial charge in [-0.25, -0.2) is 0 Å². The summed E-state index contributed by atoms with van der Waals surface area (Å²) in [4.78, 5) is 24.4. The van der Waals surface area contributed by atoms with Crippen LogP contribution in [0.4, 0.5) is 0 Å². The Balaban J connectivity index is 1.89. The summed E-state index contributed by atoms with van der Waals surface area (Å²) in [7, 11) is 0. The Labute approximate surface area is 96.5 Å². The average molecular weight is 221 g/mol. The van der Waals surface area contributed by atoms with Gasteiger partial charge in [-0.2, -0.15) is 0 Å². The molecule has 0 aromatic heterocycles. The Morgan fingerprint density at radius 1 is 1.19 bits per heavy atom. The number of hydrogen-bond donors (Lipinski definition) is 0. The summed E-state index contributed by atoms with van der Waals surface area (Å²) in [6.45, 7) is 1.98. The molecule has 3 nitrogen and oxygen atoms in total. The summed E-state index contributed by atoms with van der Waals surface area (Å²) in [5.41, 5.74) is 0. The van der Waals surface area contributed by atoms with E-state index < -0.39 is 0 Å². The molecule has 0 radical (unpaired) electrons. The molecule has 1 aliphatic heterocycles. The highest BCUT2D eigenvalue weighted by Gasteiger charge is 2.30. The zero-order valence-electron chi connectivity index (χ0n) is 9.82. The minimum absolute atomic E-state index is 0.0538. The van der Waals surface area contributed by atoms with Gasteiger partial charge in [-0.1, -0.05) is 32.1 Å². The SMILES string of the molecule is C[C@@H](CC1CCCCC1)N1C(=O)C=CC1=O. The topological polar surface area (TPSA) is 37.4 Å². The summed E-state index contributed by atoms with van der Waals surface area (Å²) >= 11 is 0. The van der Waals surface area contributed by atoms with Gasteiger partial charge in [0.25, 0.3) is 11.8 Å². The van der Waals surface area contributed by atoms with Crippen LogP contribution in [0.15, 0.2) is 12.2 Å². The molecule has 0 aromatic carbocycles. The maximum atomic E-state index is 11.5. The number of carbonyl (C=O) groups is 2. The second-order valence-corrected chi connectivity index (χ2v) is 4.97. The molecule has 16 heavy (non-hydrogen) atoms. The first-order valence-corrected chi connectivity index (χ1v) is 6.23. The van der Waals surface area contributed by atoms with Crippen molar-refractivity contribution in [1.29, 1.82) is 0 Å². The lowest BCUT2D eigenvalue weighted by molar-refractivity contribution is -0.139. The smallest absolute Gasteiger partial charge is 0.253 e. The lowest BCUT2D eigenvalue weighted by Crippen LogP contribution is -2.39. The summed E-state index contributed by atoms with van der Waals surface area (Å²) < 4.78 is 0. The van der Waals surface area contributed by atoms with Crippen LogP contribution in [0.1, 0.15) is 45.4 Å². The summed E-state index contributed by atoms with van der Waals surface area (Å²) in [5.74, 6) is 0.409. The number of carbonyl (C=O) groups excluding carboxylic acids is 2. The van der Waals surface area contributed by atoms with Gasteiger partial charge in [0.15, 0.2) is 0 Å². The lowest BCUT2D eigenvalue weighted by atomic mass is 9.85. The lowest BCUT2D eigenvalue weighted by Gasteiger charge is -2.28. The van der Waals surface area contributed by atoms with Gasteiger partial charge in [0, 0.05) is 18.2 Å². The molecule has 3 heteroatoms. The first kappa shape index (κ1) is 11.4. The van der Waals surface area contributed by atoms with E-state index in [9.17, 15) is 9.59 Å². The number of nitrogens with zero attached hydrogens (tertiary/aromatic N) is 1. The molecule has 0 unspecified atom stereocenters. The molecule has 1 saturated carbocycles. The third-order valence-electron chi connectivity index (χ3n) is 3.68. The summed E-state index contributed by atoms with van der Waals surface area (Å²) in [6, 6.07) is 0.0538. The van der Waals surface area contributed by atoms with E-state index in [1.807, 2.05) is 6.92 Å². The van der Waals surface area contributed by atoms with Crippen molar-refractivity contribution in [3.05, 3.63) is 12.2 Å². The first-order valence-electron chi connectivity index (χ1n) is 6.23. The second kappa shape index (κ2) is 4.81. The third kappa shape index (κ3) is 2.34. The van der Waals surface area contributed by atoms with Gasteiger partial charge in [0.05, 0.1) is 0 Å². The third-order valence-corrected chi connectivity index (χ3v) is 3.68. The van der Waals surface area contributed by atoms with Crippen molar-refractivity contribution in [2.24, 2.45) is 5.92 Å². The number of imide groups is 1.